The van der Waals surface area contributed by atoms with Gasteiger partial charge < -0.3 is 9.84 Å². The number of carbonyl (C=O) groups is 2. The van der Waals surface area contributed by atoms with Crippen LogP contribution in [0.5, 0.6) is 5.75 Å². The highest BCUT2D eigenvalue weighted by Gasteiger charge is 2.18. The van der Waals surface area contributed by atoms with Crippen LogP contribution in [0.15, 0.2) is 18.2 Å². The average molecular weight is 271 g/mol. The summed E-state index contributed by atoms with van der Waals surface area (Å²) in [5, 5.41) is 9.13. The molecule has 0 aliphatic heterocycles. The van der Waals surface area contributed by atoms with Crippen LogP contribution in [-0.4, -0.2) is 23.0 Å². The molecule has 0 aliphatic carbocycles. The fraction of sp³-hybridized carbons (Fsp3) is 0.385. The van der Waals surface area contributed by atoms with Crippen LogP contribution in [0.4, 0.5) is 0 Å². The van der Waals surface area contributed by atoms with Crippen LogP contribution in [0, 0.1) is 0 Å². The maximum absolute atomic E-state index is 11.5. The van der Waals surface area contributed by atoms with Crippen LogP contribution in [0.25, 0.3) is 0 Å². The van der Waals surface area contributed by atoms with E-state index in [2.05, 4.69) is 0 Å². The quantitative estimate of drug-likeness (QED) is 0.807. The second-order valence-corrected chi connectivity index (χ2v) is 4.18. The molecular weight excluding hydrogens is 256 g/mol. The van der Waals surface area contributed by atoms with Gasteiger partial charge in [0.15, 0.2) is 11.9 Å². The summed E-state index contributed by atoms with van der Waals surface area (Å²) >= 11 is 5.97. The number of hydrogen-bond donors (Lipinski definition) is 1. The van der Waals surface area contributed by atoms with E-state index in [0.717, 1.165) is 0 Å². The largest absolute Gasteiger partial charge is 0.479 e. The van der Waals surface area contributed by atoms with Gasteiger partial charge in [-0.2, -0.15) is 0 Å². The molecule has 0 bridgehead atoms. The molecule has 0 aromatic heterocycles. The zero-order valence-corrected chi connectivity index (χ0v) is 11.0. The molecule has 0 saturated carbocycles. The van der Waals surface area contributed by atoms with E-state index in [1.54, 1.807) is 19.9 Å². The maximum Gasteiger partial charge on any atom is 0.344 e. The minimum Gasteiger partial charge on any atom is -0.479 e. The van der Waals surface area contributed by atoms with Crippen LogP contribution in [-0.2, 0) is 4.79 Å². The standard InChI is InChI=1S/C13H15ClO4/c1-3-10(15)8-5-6-12(9(14)7-8)18-11(4-2)13(16)17/h5-7,11H,3-4H2,1-2H3,(H,16,17). The van der Waals surface area contributed by atoms with Gasteiger partial charge >= 0.3 is 5.97 Å². The van der Waals surface area contributed by atoms with Gasteiger partial charge in [0.05, 0.1) is 5.02 Å². The van der Waals surface area contributed by atoms with Crippen molar-refractivity contribution in [1.29, 1.82) is 0 Å². The van der Waals surface area contributed by atoms with Gasteiger partial charge in [0.1, 0.15) is 5.75 Å². The lowest BCUT2D eigenvalue weighted by molar-refractivity contribution is -0.145. The first-order chi connectivity index (χ1) is 8.49. The Morgan fingerprint density at radius 1 is 1.39 bits per heavy atom. The molecule has 1 unspecified atom stereocenters. The third kappa shape index (κ3) is 3.47. The second-order valence-electron chi connectivity index (χ2n) is 3.77. The predicted molar refractivity (Wildman–Crippen MR) is 68.4 cm³/mol. The summed E-state index contributed by atoms with van der Waals surface area (Å²) in [6, 6.07) is 4.61. The van der Waals surface area contributed by atoms with Crippen molar-refractivity contribution in [2.24, 2.45) is 0 Å². The van der Waals surface area contributed by atoms with Crippen LogP contribution < -0.4 is 4.74 Å². The number of hydrogen-bond acceptors (Lipinski definition) is 3. The number of Topliss-reactive ketones (excluding diaryl/α,β-unsaturated/α-hetero) is 1. The Hall–Kier alpha value is -1.55. The number of carbonyl (C=O) groups excluding carboxylic acids is 1. The van der Waals surface area contributed by atoms with Gasteiger partial charge in [-0.15, -0.1) is 0 Å². The maximum atomic E-state index is 11.5. The summed E-state index contributed by atoms with van der Waals surface area (Å²) < 4.78 is 5.28. The number of carboxylic acid groups (broad SMARTS) is 1. The van der Waals surface area contributed by atoms with Crippen LogP contribution in [0.2, 0.25) is 5.02 Å². The number of ether oxygens (including phenoxy) is 1. The third-order valence-electron chi connectivity index (χ3n) is 2.49. The van der Waals surface area contributed by atoms with Crippen LogP contribution in [0.1, 0.15) is 37.0 Å². The van der Waals surface area contributed by atoms with Crippen molar-refractivity contribution in [1.82, 2.24) is 0 Å². The zero-order valence-electron chi connectivity index (χ0n) is 10.3. The molecule has 0 aliphatic rings. The summed E-state index contributed by atoms with van der Waals surface area (Å²) in [6.45, 7) is 3.47. The van der Waals surface area contributed by atoms with Crippen LogP contribution in [0.3, 0.4) is 0 Å². The predicted octanol–water partition coefficient (Wildman–Crippen LogP) is 3.17. The molecular formula is C13H15ClO4. The van der Waals surface area contributed by atoms with Gasteiger partial charge in [0.2, 0.25) is 0 Å². The average Bonchev–Trinajstić information content (AvgIpc) is 2.35. The molecule has 18 heavy (non-hydrogen) atoms. The van der Waals surface area contributed by atoms with Crippen molar-refractivity contribution in [3.63, 3.8) is 0 Å². The molecule has 4 nitrogen and oxygen atoms in total. The summed E-state index contributed by atoms with van der Waals surface area (Å²) in [5.41, 5.74) is 0.498. The first kappa shape index (κ1) is 14.5. The summed E-state index contributed by atoms with van der Waals surface area (Å²) in [7, 11) is 0. The highest BCUT2D eigenvalue weighted by molar-refractivity contribution is 6.32. The lowest BCUT2D eigenvalue weighted by Crippen LogP contribution is -2.26. The van der Waals surface area contributed by atoms with Gasteiger partial charge in [0, 0.05) is 12.0 Å². The molecule has 98 valence electrons. The molecule has 1 N–H and O–H groups in total. The van der Waals surface area contributed by atoms with Crippen molar-refractivity contribution in [3.8, 4) is 5.75 Å². The van der Waals surface area contributed by atoms with Crippen molar-refractivity contribution in [2.45, 2.75) is 32.8 Å². The van der Waals surface area contributed by atoms with Crippen molar-refractivity contribution < 1.29 is 19.4 Å². The highest BCUT2D eigenvalue weighted by atomic mass is 35.5. The van der Waals surface area contributed by atoms with E-state index in [9.17, 15) is 9.59 Å². The molecule has 1 atom stereocenters. The molecule has 0 amide bonds. The first-order valence-corrected chi connectivity index (χ1v) is 6.09. The number of aliphatic carboxylic acids is 1. The fourth-order valence-electron chi connectivity index (χ4n) is 1.44. The van der Waals surface area contributed by atoms with E-state index in [1.807, 2.05) is 0 Å². The van der Waals surface area contributed by atoms with Crippen molar-refractivity contribution in [3.05, 3.63) is 28.8 Å². The number of rotatable bonds is 6. The Kier molecular flexibility index (Phi) is 5.16. The van der Waals surface area contributed by atoms with E-state index >= 15 is 0 Å². The molecule has 0 spiro atoms. The van der Waals surface area contributed by atoms with E-state index in [1.165, 1.54) is 12.1 Å². The van der Waals surface area contributed by atoms with Gasteiger partial charge in [-0.25, -0.2) is 4.79 Å². The molecule has 1 aromatic rings. The first-order valence-electron chi connectivity index (χ1n) is 5.71. The number of benzene rings is 1. The Bertz CT molecular complexity index is 456. The van der Waals surface area contributed by atoms with E-state index in [-0.39, 0.29) is 16.6 Å². The monoisotopic (exact) mass is 270 g/mol. The Balaban J connectivity index is 2.92. The number of ketones is 1. The van der Waals surface area contributed by atoms with Crippen molar-refractivity contribution >= 4 is 23.4 Å². The van der Waals surface area contributed by atoms with Gasteiger partial charge in [0.25, 0.3) is 0 Å². The minimum atomic E-state index is -1.04. The number of halogens is 1. The summed E-state index contributed by atoms with van der Waals surface area (Å²) in [5.74, 6) is -0.783. The van der Waals surface area contributed by atoms with Gasteiger partial charge in [-0.1, -0.05) is 25.4 Å². The molecule has 5 heteroatoms. The lowest BCUT2D eigenvalue weighted by atomic mass is 10.1. The Morgan fingerprint density at radius 3 is 2.50 bits per heavy atom. The number of carboxylic acids is 1. The van der Waals surface area contributed by atoms with Crippen LogP contribution >= 0.6 is 11.6 Å². The summed E-state index contributed by atoms with van der Waals surface area (Å²) in [6.07, 6.45) is -0.208. The molecule has 0 radical (unpaired) electrons. The van der Waals surface area contributed by atoms with E-state index in [0.29, 0.717) is 18.4 Å². The van der Waals surface area contributed by atoms with E-state index < -0.39 is 12.1 Å². The second kappa shape index (κ2) is 6.40. The SMILES string of the molecule is CCC(=O)c1ccc(OC(CC)C(=O)O)c(Cl)c1. The topological polar surface area (TPSA) is 63.6 Å². The lowest BCUT2D eigenvalue weighted by Gasteiger charge is -2.14. The molecule has 1 aromatic carbocycles. The highest BCUT2D eigenvalue weighted by Crippen LogP contribution is 2.27. The van der Waals surface area contributed by atoms with Crippen molar-refractivity contribution in [2.75, 3.05) is 0 Å². The Labute approximate surface area is 111 Å². The summed E-state index contributed by atoms with van der Waals surface area (Å²) in [4.78, 5) is 22.3. The minimum absolute atomic E-state index is 0.0197. The fourth-order valence-corrected chi connectivity index (χ4v) is 1.66. The molecule has 0 saturated heterocycles. The molecule has 1 rings (SSSR count). The Morgan fingerprint density at radius 2 is 2.06 bits per heavy atom. The van der Waals surface area contributed by atoms with Gasteiger partial charge in [-0.05, 0) is 24.6 Å². The van der Waals surface area contributed by atoms with E-state index in [4.69, 9.17) is 21.4 Å². The molecule has 0 heterocycles. The zero-order chi connectivity index (χ0) is 13.7. The third-order valence-corrected chi connectivity index (χ3v) is 2.79. The normalized spacial score (nSPS) is 11.9. The molecule has 0 fully saturated rings. The smallest absolute Gasteiger partial charge is 0.344 e. The van der Waals surface area contributed by atoms with Gasteiger partial charge in [-0.3, -0.25) is 4.79 Å².